The first-order valence-electron chi connectivity index (χ1n) is 5.63. The number of H-pyrrole nitrogens is 1. The second kappa shape index (κ2) is 4.29. The van der Waals surface area contributed by atoms with Crippen LogP contribution in [-0.4, -0.2) is 15.0 Å². The first-order chi connectivity index (χ1) is 9.43. The van der Waals surface area contributed by atoms with Crippen LogP contribution in [0.25, 0.3) is 22.6 Å². The van der Waals surface area contributed by atoms with Gasteiger partial charge in [0.05, 0.1) is 11.1 Å². The molecule has 1 N–H and O–H groups in total. The lowest BCUT2D eigenvalue weighted by Gasteiger charge is -2.06. The highest BCUT2D eigenvalue weighted by atomic mass is 19.4. The van der Waals surface area contributed by atoms with Crippen LogP contribution in [0.3, 0.4) is 0 Å². The molecule has 0 bridgehead atoms. The SMILES string of the molecule is Fc1ccc2[nH]c(-c3ccc(C(F)(F)F)cc3)nc2n1. The monoisotopic (exact) mass is 281 g/mol. The van der Waals surface area contributed by atoms with Crippen molar-refractivity contribution in [2.75, 3.05) is 0 Å². The van der Waals surface area contributed by atoms with E-state index in [0.29, 0.717) is 16.9 Å². The van der Waals surface area contributed by atoms with Gasteiger partial charge in [-0.1, -0.05) is 12.1 Å². The van der Waals surface area contributed by atoms with E-state index in [1.165, 1.54) is 24.3 Å². The molecule has 20 heavy (non-hydrogen) atoms. The molecular formula is C13H7F4N3. The van der Waals surface area contributed by atoms with Crippen LogP contribution in [0.15, 0.2) is 36.4 Å². The fourth-order valence-corrected chi connectivity index (χ4v) is 1.82. The third-order valence-electron chi connectivity index (χ3n) is 2.80. The molecule has 0 amide bonds. The number of imidazole rings is 1. The van der Waals surface area contributed by atoms with E-state index in [1.54, 1.807) is 0 Å². The second-order valence-electron chi connectivity index (χ2n) is 4.17. The number of fused-ring (bicyclic) bond motifs is 1. The van der Waals surface area contributed by atoms with Crippen LogP contribution in [0.1, 0.15) is 5.56 Å². The van der Waals surface area contributed by atoms with Gasteiger partial charge in [0.15, 0.2) is 5.65 Å². The molecule has 0 aliphatic heterocycles. The quantitative estimate of drug-likeness (QED) is 0.544. The van der Waals surface area contributed by atoms with Gasteiger partial charge >= 0.3 is 6.18 Å². The Morgan fingerprint density at radius 1 is 0.900 bits per heavy atom. The first-order valence-corrected chi connectivity index (χ1v) is 5.63. The highest BCUT2D eigenvalue weighted by Gasteiger charge is 2.30. The predicted octanol–water partition coefficient (Wildman–Crippen LogP) is 3.78. The highest BCUT2D eigenvalue weighted by molar-refractivity contribution is 5.75. The van der Waals surface area contributed by atoms with Gasteiger partial charge in [0.1, 0.15) is 5.82 Å². The van der Waals surface area contributed by atoms with E-state index in [4.69, 9.17) is 0 Å². The zero-order chi connectivity index (χ0) is 14.3. The van der Waals surface area contributed by atoms with E-state index in [0.717, 1.165) is 12.1 Å². The van der Waals surface area contributed by atoms with Crippen LogP contribution in [0, 0.1) is 5.95 Å². The Hall–Kier alpha value is -2.44. The predicted molar refractivity (Wildman–Crippen MR) is 64.3 cm³/mol. The minimum absolute atomic E-state index is 0.180. The van der Waals surface area contributed by atoms with Crippen molar-refractivity contribution in [1.82, 2.24) is 15.0 Å². The molecule has 3 aromatic rings. The van der Waals surface area contributed by atoms with E-state index in [2.05, 4.69) is 15.0 Å². The number of rotatable bonds is 1. The van der Waals surface area contributed by atoms with E-state index < -0.39 is 17.7 Å². The molecule has 0 saturated carbocycles. The first kappa shape index (κ1) is 12.6. The van der Waals surface area contributed by atoms with E-state index >= 15 is 0 Å². The number of halogens is 4. The van der Waals surface area contributed by atoms with Gasteiger partial charge in [-0.2, -0.15) is 22.5 Å². The molecule has 0 atom stereocenters. The molecule has 0 unspecified atom stereocenters. The molecule has 0 aliphatic carbocycles. The van der Waals surface area contributed by atoms with Crippen LogP contribution < -0.4 is 0 Å². The molecule has 3 rings (SSSR count). The maximum atomic E-state index is 12.9. The summed E-state index contributed by atoms with van der Waals surface area (Å²) in [4.78, 5) is 10.5. The maximum Gasteiger partial charge on any atom is 0.416 e. The normalized spacial score (nSPS) is 12.0. The average molecular weight is 281 g/mol. The third-order valence-corrected chi connectivity index (χ3v) is 2.80. The lowest BCUT2D eigenvalue weighted by Crippen LogP contribution is -2.04. The summed E-state index contributed by atoms with van der Waals surface area (Å²) in [5, 5.41) is 0. The van der Waals surface area contributed by atoms with Crippen molar-refractivity contribution in [3.05, 3.63) is 47.9 Å². The van der Waals surface area contributed by atoms with E-state index in [-0.39, 0.29) is 5.65 Å². The van der Waals surface area contributed by atoms with Gasteiger partial charge in [0.2, 0.25) is 5.95 Å². The van der Waals surface area contributed by atoms with Gasteiger partial charge in [0, 0.05) is 5.56 Å². The number of benzene rings is 1. The average Bonchev–Trinajstić information content (AvgIpc) is 2.80. The Morgan fingerprint density at radius 2 is 1.60 bits per heavy atom. The maximum absolute atomic E-state index is 12.9. The van der Waals surface area contributed by atoms with Crippen molar-refractivity contribution in [2.24, 2.45) is 0 Å². The number of hydrogen-bond donors (Lipinski definition) is 1. The van der Waals surface area contributed by atoms with Crippen molar-refractivity contribution in [3.63, 3.8) is 0 Å². The Morgan fingerprint density at radius 3 is 2.25 bits per heavy atom. The summed E-state index contributed by atoms with van der Waals surface area (Å²) in [6, 6.07) is 7.19. The lowest BCUT2D eigenvalue weighted by atomic mass is 10.1. The van der Waals surface area contributed by atoms with Crippen LogP contribution in [0.4, 0.5) is 17.6 Å². The van der Waals surface area contributed by atoms with Crippen LogP contribution >= 0.6 is 0 Å². The molecule has 0 fully saturated rings. The van der Waals surface area contributed by atoms with Gasteiger partial charge in [-0.15, -0.1) is 0 Å². The van der Waals surface area contributed by atoms with Crippen molar-refractivity contribution >= 4 is 11.2 Å². The molecule has 2 aromatic heterocycles. The smallest absolute Gasteiger partial charge is 0.337 e. The minimum Gasteiger partial charge on any atom is -0.337 e. The number of aromatic nitrogens is 3. The summed E-state index contributed by atoms with van der Waals surface area (Å²) in [6.45, 7) is 0. The number of pyridine rings is 1. The number of aromatic amines is 1. The van der Waals surface area contributed by atoms with Gasteiger partial charge < -0.3 is 4.98 Å². The van der Waals surface area contributed by atoms with Gasteiger partial charge in [0.25, 0.3) is 0 Å². The van der Waals surface area contributed by atoms with E-state index in [9.17, 15) is 17.6 Å². The molecule has 7 heteroatoms. The molecule has 0 aliphatic rings. The summed E-state index contributed by atoms with van der Waals surface area (Å²) >= 11 is 0. The molecule has 0 radical (unpaired) electrons. The molecule has 3 nitrogen and oxygen atoms in total. The molecule has 2 heterocycles. The highest BCUT2D eigenvalue weighted by Crippen LogP contribution is 2.30. The number of nitrogens with one attached hydrogen (secondary N) is 1. The number of hydrogen-bond acceptors (Lipinski definition) is 2. The lowest BCUT2D eigenvalue weighted by molar-refractivity contribution is -0.137. The number of nitrogens with zero attached hydrogens (tertiary/aromatic N) is 2. The number of alkyl halides is 3. The Bertz CT molecular complexity index is 759. The molecule has 0 spiro atoms. The molecule has 0 saturated heterocycles. The Labute approximate surface area is 110 Å². The Kier molecular flexibility index (Phi) is 2.70. The van der Waals surface area contributed by atoms with Crippen LogP contribution in [0.5, 0.6) is 0 Å². The van der Waals surface area contributed by atoms with Crippen molar-refractivity contribution in [1.29, 1.82) is 0 Å². The van der Waals surface area contributed by atoms with Gasteiger partial charge in [-0.25, -0.2) is 4.98 Å². The fourth-order valence-electron chi connectivity index (χ4n) is 1.82. The largest absolute Gasteiger partial charge is 0.416 e. The molecular weight excluding hydrogens is 274 g/mol. The summed E-state index contributed by atoms with van der Waals surface area (Å²) in [7, 11) is 0. The van der Waals surface area contributed by atoms with Gasteiger partial charge in [-0.05, 0) is 24.3 Å². The summed E-state index contributed by atoms with van der Waals surface area (Å²) < 4.78 is 50.3. The molecule has 1 aromatic carbocycles. The Balaban J connectivity index is 2.02. The van der Waals surface area contributed by atoms with Crippen molar-refractivity contribution in [3.8, 4) is 11.4 Å². The zero-order valence-electron chi connectivity index (χ0n) is 9.87. The molecule has 102 valence electrons. The standard InChI is InChI=1S/C13H7F4N3/c14-10-6-5-9-12(19-10)20-11(18-9)7-1-3-8(4-2-7)13(15,16)17/h1-6H,(H,18,19,20). The fraction of sp³-hybridized carbons (Fsp3) is 0.0769. The summed E-state index contributed by atoms with van der Waals surface area (Å²) in [5.41, 5.74) is 0.430. The third kappa shape index (κ3) is 2.22. The summed E-state index contributed by atoms with van der Waals surface area (Å²) in [6.07, 6.45) is -4.38. The van der Waals surface area contributed by atoms with E-state index in [1.807, 2.05) is 0 Å². The topological polar surface area (TPSA) is 41.6 Å². The van der Waals surface area contributed by atoms with Crippen molar-refractivity contribution < 1.29 is 17.6 Å². The summed E-state index contributed by atoms with van der Waals surface area (Å²) in [5.74, 6) is -0.324. The zero-order valence-corrected chi connectivity index (χ0v) is 9.87. The van der Waals surface area contributed by atoms with Crippen LogP contribution in [0.2, 0.25) is 0 Å². The minimum atomic E-state index is -4.38. The van der Waals surface area contributed by atoms with Crippen molar-refractivity contribution in [2.45, 2.75) is 6.18 Å². The second-order valence-corrected chi connectivity index (χ2v) is 4.17. The van der Waals surface area contributed by atoms with Crippen LogP contribution in [-0.2, 0) is 6.18 Å². The van der Waals surface area contributed by atoms with Gasteiger partial charge in [-0.3, -0.25) is 0 Å².